The zero-order chi connectivity index (χ0) is 24.5. The quantitative estimate of drug-likeness (QED) is 0.478. The molecule has 1 saturated carbocycles. The van der Waals surface area contributed by atoms with Crippen LogP contribution in [-0.4, -0.2) is 50.7 Å². The van der Waals surface area contributed by atoms with E-state index in [0.717, 1.165) is 0 Å². The van der Waals surface area contributed by atoms with E-state index in [9.17, 15) is 14.0 Å². The molecule has 3 heterocycles. The number of halogens is 1. The minimum atomic E-state index is -1.08. The highest BCUT2D eigenvalue weighted by Gasteiger charge is 2.32. The third kappa shape index (κ3) is 5.16. The molecule has 3 N–H and O–H groups in total. The standard InChI is InChI=1S/C25H28FN7O2/c1-32-14-19(11-29-32)30-25-23(24(27)35)28-12-22(31-25)33-9-8-20(26)18(13-33)10-21(34)17-6-4-16(5-7-17)15-2-3-15/h4-7,11-12,14-15,18,20H,2-3,8-10,13H2,1H3,(H2,27,35)(H,30,31)/t18-,20-/m0/s1. The van der Waals surface area contributed by atoms with Crippen molar-refractivity contribution in [1.29, 1.82) is 0 Å². The lowest BCUT2D eigenvalue weighted by molar-refractivity contribution is 0.0911. The first kappa shape index (κ1) is 22.9. The molecule has 2 aliphatic rings. The van der Waals surface area contributed by atoms with Gasteiger partial charge in [0.15, 0.2) is 17.3 Å². The second-order valence-corrected chi connectivity index (χ2v) is 9.35. The molecule has 10 heteroatoms. The molecule has 2 aromatic heterocycles. The number of amides is 1. The average molecular weight is 478 g/mol. The first-order chi connectivity index (χ1) is 16.9. The number of aryl methyl sites for hydroxylation is 1. The number of aromatic nitrogens is 4. The smallest absolute Gasteiger partial charge is 0.271 e. The van der Waals surface area contributed by atoms with E-state index < -0.39 is 18.0 Å². The van der Waals surface area contributed by atoms with Gasteiger partial charge in [-0.25, -0.2) is 14.4 Å². The van der Waals surface area contributed by atoms with Crippen LogP contribution in [0.25, 0.3) is 0 Å². The van der Waals surface area contributed by atoms with E-state index in [1.807, 2.05) is 29.2 Å². The fourth-order valence-corrected chi connectivity index (χ4v) is 4.54. The molecule has 0 radical (unpaired) electrons. The summed E-state index contributed by atoms with van der Waals surface area (Å²) < 4.78 is 16.4. The van der Waals surface area contributed by atoms with Crippen molar-refractivity contribution in [3.8, 4) is 0 Å². The van der Waals surface area contributed by atoms with E-state index in [2.05, 4.69) is 20.4 Å². The Morgan fingerprint density at radius 1 is 1.17 bits per heavy atom. The Balaban J connectivity index is 1.31. The minimum absolute atomic E-state index is 0.000599. The monoisotopic (exact) mass is 477 g/mol. The van der Waals surface area contributed by atoms with Crippen LogP contribution in [0.4, 0.5) is 21.7 Å². The number of hydrogen-bond acceptors (Lipinski definition) is 7. The molecule has 3 aromatic rings. The number of Topliss-reactive ketones (excluding diaryl/α,β-unsaturated/α-hetero) is 1. The number of ketones is 1. The number of alkyl halides is 1. The number of nitrogens with zero attached hydrogens (tertiary/aromatic N) is 5. The van der Waals surface area contributed by atoms with Crippen LogP contribution in [0.2, 0.25) is 0 Å². The summed E-state index contributed by atoms with van der Waals surface area (Å²) in [7, 11) is 1.77. The van der Waals surface area contributed by atoms with Crippen molar-refractivity contribution in [3.05, 3.63) is 59.7 Å². The number of primary amides is 1. The van der Waals surface area contributed by atoms with E-state index in [1.165, 1.54) is 24.6 Å². The molecule has 5 rings (SSSR count). The summed E-state index contributed by atoms with van der Waals surface area (Å²) in [4.78, 5) is 35.4. The zero-order valence-corrected chi connectivity index (χ0v) is 19.5. The highest BCUT2D eigenvalue weighted by molar-refractivity contribution is 5.97. The lowest BCUT2D eigenvalue weighted by Gasteiger charge is -2.35. The molecule has 2 fully saturated rings. The fraction of sp³-hybridized carbons (Fsp3) is 0.400. The van der Waals surface area contributed by atoms with Crippen molar-refractivity contribution in [1.82, 2.24) is 19.7 Å². The Hall–Kier alpha value is -3.82. The highest BCUT2D eigenvalue weighted by atomic mass is 19.1. The van der Waals surface area contributed by atoms with Gasteiger partial charge in [0.25, 0.3) is 5.91 Å². The number of piperidine rings is 1. The molecule has 0 bridgehead atoms. The number of hydrogen-bond donors (Lipinski definition) is 2. The summed E-state index contributed by atoms with van der Waals surface area (Å²) in [5, 5.41) is 7.12. The molecule has 1 aromatic carbocycles. The summed E-state index contributed by atoms with van der Waals surface area (Å²) in [6.07, 6.45) is 6.51. The second-order valence-electron chi connectivity index (χ2n) is 9.35. The van der Waals surface area contributed by atoms with Gasteiger partial charge in [-0.1, -0.05) is 24.3 Å². The molecule has 35 heavy (non-hydrogen) atoms. The molecule has 0 unspecified atom stereocenters. The van der Waals surface area contributed by atoms with Gasteiger partial charge in [-0.05, 0) is 30.7 Å². The van der Waals surface area contributed by atoms with E-state index >= 15 is 0 Å². The first-order valence-corrected chi connectivity index (χ1v) is 11.8. The van der Waals surface area contributed by atoms with Gasteiger partial charge in [-0.2, -0.15) is 5.10 Å². The van der Waals surface area contributed by atoms with Crippen LogP contribution in [0, 0.1) is 5.92 Å². The van der Waals surface area contributed by atoms with Gasteiger partial charge in [-0.15, -0.1) is 0 Å². The normalized spacial score (nSPS) is 20.0. The van der Waals surface area contributed by atoms with Gasteiger partial charge in [0.2, 0.25) is 0 Å². The van der Waals surface area contributed by atoms with Crippen LogP contribution in [-0.2, 0) is 7.05 Å². The number of carbonyl (C=O) groups excluding carboxylic acids is 2. The number of anilines is 3. The molecule has 9 nitrogen and oxygen atoms in total. The lowest BCUT2D eigenvalue weighted by atomic mass is 9.89. The van der Waals surface area contributed by atoms with E-state index in [4.69, 9.17) is 5.73 Å². The molecular weight excluding hydrogens is 449 g/mol. The molecular formula is C25H28FN7O2. The van der Waals surface area contributed by atoms with Crippen molar-refractivity contribution in [2.24, 2.45) is 18.7 Å². The topological polar surface area (TPSA) is 119 Å². The molecule has 1 amide bonds. The van der Waals surface area contributed by atoms with E-state index in [-0.39, 0.29) is 30.1 Å². The van der Waals surface area contributed by atoms with Crippen LogP contribution in [0.15, 0.2) is 42.9 Å². The molecule has 1 aliphatic carbocycles. The van der Waals surface area contributed by atoms with Crippen LogP contribution in [0.1, 0.15) is 58.0 Å². The van der Waals surface area contributed by atoms with E-state index in [0.29, 0.717) is 36.1 Å². The molecule has 0 spiro atoms. The van der Waals surface area contributed by atoms with Gasteiger partial charge >= 0.3 is 0 Å². The lowest BCUT2D eigenvalue weighted by Crippen LogP contribution is -2.43. The average Bonchev–Trinajstić information content (AvgIpc) is 3.62. The predicted molar refractivity (Wildman–Crippen MR) is 130 cm³/mol. The van der Waals surface area contributed by atoms with Gasteiger partial charge in [0.05, 0.1) is 18.1 Å². The van der Waals surface area contributed by atoms with Gasteiger partial charge in [0, 0.05) is 44.2 Å². The summed E-state index contributed by atoms with van der Waals surface area (Å²) in [6.45, 7) is 0.753. The maximum Gasteiger partial charge on any atom is 0.271 e. The Morgan fingerprint density at radius 2 is 1.94 bits per heavy atom. The van der Waals surface area contributed by atoms with Crippen molar-refractivity contribution in [2.75, 3.05) is 23.3 Å². The molecule has 2 atom stereocenters. The molecule has 1 aliphatic heterocycles. The summed E-state index contributed by atoms with van der Waals surface area (Å²) in [5.41, 5.74) is 7.99. The first-order valence-electron chi connectivity index (χ1n) is 11.8. The van der Waals surface area contributed by atoms with Crippen molar-refractivity contribution >= 4 is 29.0 Å². The van der Waals surface area contributed by atoms with Gasteiger partial charge in [-0.3, -0.25) is 14.3 Å². The largest absolute Gasteiger partial charge is 0.364 e. The number of rotatable bonds is 8. The van der Waals surface area contributed by atoms with Crippen LogP contribution >= 0.6 is 0 Å². The van der Waals surface area contributed by atoms with Gasteiger partial charge < -0.3 is 16.0 Å². The maximum absolute atomic E-state index is 14.8. The summed E-state index contributed by atoms with van der Waals surface area (Å²) >= 11 is 0. The summed E-state index contributed by atoms with van der Waals surface area (Å²) in [5.74, 6) is 0.0749. The van der Waals surface area contributed by atoms with E-state index in [1.54, 1.807) is 24.1 Å². The number of nitrogens with one attached hydrogen (secondary N) is 1. The SMILES string of the molecule is Cn1cc(Nc2nc(N3CC[C@H](F)[C@@H](CC(=O)c4ccc(C5CC5)cc4)C3)cnc2C(N)=O)cn1. The predicted octanol–water partition coefficient (Wildman–Crippen LogP) is 3.37. The van der Waals surface area contributed by atoms with Crippen molar-refractivity contribution in [3.63, 3.8) is 0 Å². The molecule has 182 valence electrons. The minimum Gasteiger partial charge on any atom is -0.364 e. The Labute approximate surface area is 202 Å². The Kier molecular flexibility index (Phi) is 6.19. The fourth-order valence-electron chi connectivity index (χ4n) is 4.54. The number of benzene rings is 1. The van der Waals surface area contributed by atoms with Crippen LogP contribution < -0.4 is 16.0 Å². The maximum atomic E-state index is 14.8. The summed E-state index contributed by atoms with van der Waals surface area (Å²) in [6, 6.07) is 7.73. The number of carbonyl (C=O) groups is 2. The van der Waals surface area contributed by atoms with Crippen LogP contribution in [0.3, 0.4) is 0 Å². The number of nitrogens with two attached hydrogens (primary N) is 1. The van der Waals surface area contributed by atoms with Crippen molar-refractivity contribution < 1.29 is 14.0 Å². The van der Waals surface area contributed by atoms with Gasteiger partial charge in [0.1, 0.15) is 12.0 Å². The second kappa shape index (κ2) is 9.44. The Morgan fingerprint density at radius 3 is 2.60 bits per heavy atom. The third-order valence-electron chi connectivity index (χ3n) is 6.65. The zero-order valence-electron chi connectivity index (χ0n) is 19.5. The highest BCUT2D eigenvalue weighted by Crippen LogP contribution is 2.40. The van der Waals surface area contributed by atoms with Crippen molar-refractivity contribution in [2.45, 2.75) is 37.8 Å². The molecule has 1 saturated heterocycles. The third-order valence-corrected chi connectivity index (χ3v) is 6.65. The van der Waals surface area contributed by atoms with Crippen LogP contribution in [0.5, 0.6) is 0 Å². The Bertz CT molecular complexity index is 1240.